The highest BCUT2D eigenvalue weighted by atomic mass is 16.5. The Morgan fingerprint density at radius 1 is 1.08 bits per heavy atom. The second kappa shape index (κ2) is 7.83. The summed E-state index contributed by atoms with van der Waals surface area (Å²) in [5.41, 5.74) is 5.18. The molecule has 1 aliphatic carbocycles. The maximum absolute atomic E-state index is 5.42. The van der Waals surface area contributed by atoms with Gasteiger partial charge in [-0.1, -0.05) is 35.5 Å². The van der Waals surface area contributed by atoms with Crippen molar-refractivity contribution < 1.29 is 4.52 Å². The summed E-state index contributed by atoms with van der Waals surface area (Å²) in [6.07, 6.45) is 6.51. The Morgan fingerprint density at radius 2 is 1.92 bits per heavy atom. The minimum absolute atomic E-state index is 0.639. The van der Waals surface area contributed by atoms with E-state index in [2.05, 4.69) is 56.6 Å². The van der Waals surface area contributed by atoms with Gasteiger partial charge in [-0.15, -0.1) is 0 Å². The van der Waals surface area contributed by atoms with Crippen LogP contribution in [0.4, 0.5) is 0 Å². The minimum atomic E-state index is 0.639. The van der Waals surface area contributed by atoms with Gasteiger partial charge in [0.05, 0.1) is 12.2 Å². The van der Waals surface area contributed by atoms with Crippen molar-refractivity contribution in [2.24, 2.45) is 0 Å². The van der Waals surface area contributed by atoms with Crippen LogP contribution < -0.4 is 0 Å². The van der Waals surface area contributed by atoms with E-state index in [-0.39, 0.29) is 0 Å². The standard InChI is InChI=1S/C20H25N5O/c1-25(13-18-16-9-5-6-10-17(16)22-23-18)14-20-21-19(24-26-20)12-11-15-7-3-2-4-8-15/h2-4,7-8H,5-6,9-14H2,1H3,(H,22,23). The average Bonchev–Trinajstić information content (AvgIpc) is 3.28. The second-order valence-electron chi connectivity index (χ2n) is 7.10. The molecular formula is C20H25N5O. The number of H-pyrrole nitrogens is 1. The van der Waals surface area contributed by atoms with Crippen molar-refractivity contribution in [1.29, 1.82) is 0 Å². The van der Waals surface area contributed by atoms with E-state index >= 15 is 0 Å². The highest BCUT2D eigenvalue weighted by Crippen LogP contribution is 2.23. The van der Waals surface area contributed by atoms with Crippen molar-refractivity contribution in [2.75, 3.05) is 7.05 Å². The van der Waals surface area contributed by atoms with Gasteiger partial charge in [-0.2, -0.15) is 10.1 Å². The van der Waals surface area contributed by atoms with Crippen LogP contribution in [0.2, 0.25) is 0 Å². The van der Waals surface area contributed by atoms with Crippen LogP contribution >= 0.6 is 0 Å². The molecule has 26 heavy (non-hydrogen) atoms. The first-order valence-corrected chi connectivity index (χ1v) is 9.37. The van der Waals surface area contributed by atoms with Crippen molar-refractivity contribution >= 4 is 0 Å². The van der Waals surface area contributed by atoms with Crippen molar-refractivity contribution in [3.05, 3.63) is 64.6 Å². The molecule has 0 spiro atoms. The zero-order valence-electron chi connectivity index (χ0n) is 15.2. The summed E-state index contributed by atoms with van der Waals surface area (Å²) in [5, 5.41) is 11.8. The predicted octanol–water partition coefficient (Wildman–Crippen LogP) is 3.09. The van der Waals surface area contributed by atoms with E-state index in [1.165, 1.54) is 29.7 Å². The van der Waals surface area contributed by atoms with Crippen LogP contribution in [-0.4, -0.2) is 32.3 Å². The maximum Gasteiger partial charge on any atom is 0.240 e. The van der Waals surface area contributed by atoms with Crippen molar-refractivity contribution in [1.82, 2.24) is 25.2 Å². The van der Waals surface area contributed by atoms with Crippen LogP contribution in [0.3, 0.4) is 0 Å². The molecule has 4 rings (SSSR count). The fraction of sp³-hybridized carbons (Fsp3) is 0.450. The van der Waals surface area contributed by atoms with Crippen molar-refractivity contribution in [3.63, 3.8) is 0 Å². The molecule has 6 nitrogen and oxygen atoms in total. The van der Waals surface area contributed by atoms with E-state index in [1.54, 1.807) is 0 Å². The number of fused-ring (bicyclic) bond motifs is 1. The third-order valence-corrected chi connectivity index (χ3v) is 4.96. The molecule has 0 fully saturated rings. The van der Waals surface area contributed by atoms with Gasteiger partial charge in [0.15, 0.2) is 5.82 Å². The molecule has 0 saturated heterocycles. The monoisotopic (exact) mass is 351 g/mol. The van der Waals surface area contributed by atoms with E-state index in [9.17, 15) is 0 Å². The Hall–Kier alpha value is -2.47. The molecule has 3 aromatic rings. The van der Waals surface area contributed by atoms with Crippen LogP contribution in [0, 0.1) is 0 Å². The van der Waals surface area contributed by atoms with E-state index in [1.807, 2.05) is 6.07 Å². The van der Waals surface area contributed by atoms with E-state index < -0.39 is 0 Å². The fourth-order valence-corrected chi connectivity index (χ4v) is 3.58. The van der Waals surface area contributed by atoms with Crippen molar-refractivity contribution in [2.45, 2.75) is 51.6 Å². The Labute approximate surface area is 153 Å². The molecule has 0 aliphatic heterocycles. The number of aryl methyl sites for hydroxylation is 3. The first-order valence-electron chi connectivity index (χ1n) is 9.37. The summed E-state index contributed by atoms with van der Waals surface area (Å²) >= 11 is 0. The first kappa shape index (κ1) is 17.0. The lowest BCUT2D eigenvalue weighted by atomic mass is 9.96. The molecule has 0 atom stereocenters. The topological polar surface area (TPSA) is 70.8 Å². The van der Waals surface area contributed by atoms with E-state index in [4.69, 9.17) is 4.52 Å². The lowest BCUT2D eigenvalue weighted by molar-refractivity contribution is 0.257. The molecule has 0 radical (unpaired) electrons. The van der Waals surface area contributed by atoms with E-state index in [0.29, 0.717) is 12.4 Å². The van der Waals surface area contributed by atoms with Gasteiger partial charge >= 0.3 is 0 Å². The number of hydrogen-bond acceptors (Lipinski definition) is 5. The summed E-state index contributed by atoms with van der Waals surface area (Å²) in [6.45, 7) is 1.44. The lowest BCUT2D eigenvalue weighted by Crippen LogP contribution is -2.19. The molecule has 0 bridgehead atoms. The smallest absolute Gasteiger partial charge is 0.240 e. The summed E-state index contributed by atoms with van der Waals surface area (Å²) < 4.78 is 5.42. The number of aromatic amines is 1. The van der Waals surface area contributed by atoms with Crippen LogP contribution in [0.5, 0.6) is 0 Å². The Balaban J connectivity index is 1.31. The largest absolute Gasteiger partial charge is 0.338 e. The molecule has 136 valence electrons. The third-order valence-electron chi connectivity index (χ3n) is 4.96. The van der Waals surface area contributed by atoms with Crippen LogP contribution in [0.25, 0.3) is 0 Å². The number of hydrogen-bond donors (Lipinski definition) is 1. The third kappa shape index (κ3) is 4.02. The van der Waals surface area contributed by atoms with Gasteiger partial charge in [0.1, 0.15) is 0 Å². The predicted molar refractivity (Wildman–Crippen MR) is 98.5 cm³/mol. The number of nitrogens with one attached hydrogen (secondary N) is 1. The Morgan fingerprint density at radius 3 is 2.81 bits per heavy atom. The second-order valence-corrected chi connectivity index (χ2v) is 7.10. The van der Waals surface area contributed by atoms with Gasteiger partial charge in [-0.3, -0.25) is 10.00 Å². The quantitative estimate of drug-likeness (QED) is 0.708. The SMILES string of the molecule is CN(Cc1nc(CCc2ccccc2)no1)Cc1n[nH]c2c1CCCC2. The Bertz CT molecular complexity index is 839. The zero-order valence-corrected chi connectivity index (χ0v) is 15.2. The molecule has 2 heterocycles. The summed E-state index contributed by atoms with van der Waals surface area (Å²) in [5.74, 6) is 1.44. The van der Waals surface area contributed by atoms with Crippen LogP contribution in [-0.2, 0) is 38.8 Å². The van der Waals surface area contributed by atoms with Crippen LogP contribution in [0.15, 0.2) is 34.9 Å². The van der Waals surface area contributed by atoms with Gasteiger partial charge in [-0.25, -0.2) is 0 Å². The molecule has 1 aromatic carbocycles. The molecular weight excluding hydrogens is 326 g/mol. The number of rotatable bonds is 7. The highest BCUT2D eigenvalue weighted by molar-refractivity contribution is 5.27. The normalized spacial score (nSPS) is 13.9. The molecule has 0 unspecified atom stereocenters. The molecule has 1 N–H and O–H groups in total. The molecule has 0 amide bonds. The summed E-state index contributed by atoms with van der Waals surface area (Å²) in [6, 6.07) is 10.4. The van der Waals surface area contributed by atoms with Gasteiger partial charge in [0, 0.05) is 18.7 Å². The van der Waals surface area contributed by atoms with Gasteiger partial charge in [0.2, 0.25) is 5.89 Å². The number of aromatic nitrogens is 4. The van der Waals surface area contributed by atoms with Crippen LogP contribution in [0.1, 0.15) is 47.1 Å². The molecule has 2 aromatic heterocycles. The average molecular weight is 351 g/mol. The zero-order chi connectivity index (χ0) is 17.8. The molecule has 1 aliphatic rings. The first-order chi connectivity index (χ1) is 12.8. The number of benzene rings is 1. The highest BCUT2D eigenvalue weighted by Gasteiger charge is 2.18. The van der Waals surface area contributed by atoms with Gasteiger partial charge in [0.25, 0.3) is 0 Å². The fourth-order valence-electron chi connectivity index (χ4n) is 3.58. The van der Waals surface area contributed by atoms with Gasteiger partial charge < -0.3 is 4.52 Å². The molecule has 0 saturated carbocycles. The summed E-state index contributed by atoms with van der Waals surface area (Å²) in [4.78, 5) is 6.71. The van der Waals surface area contributed by atoms with Gasteiger partial charge in [-0.05, 0) is 50.3 Å². The number of nitrogens with zero attached hydrogens (tertiary/aromatic N) is 4. The lowest BCUT2D eigenvalue weighted by Gasteiger charge is -2.15. The molecule has 6 heteroatoms. The minimum Gasteiger partial charge on any atom is -0.338 e. The Kier molecular flexibility index (Phi) is 5.11. The van der Waals surface area contributed by atoms with E-state index in [0.717, 1.165) is 43.7 Å². The maximum atomic E-state index is 5.42. The summed E-state index contributed by atoms with van der Waals surface area (Å²) in [7, 11) is 2.07. The van der Waals surface area contributed by atoms with Crippen molar-refractivity contribution in [3.8, 4) is 0 Å².